The topological polar surface area (TPSA) is 18.5 Å². The normalized spacial score (nSPS) is 31.6. The maximum atomic E-state index is 5.64. The van der Waals surface area contributed by atoms with Crippen molar-refractivity contribution in [2.45, 2.75) is 51.4 Å². The van der Waals surface area contributed by atoms with E-state index >= 15 is 0 Å². The molecule has 0 amide bonds. The molecule has 0 aromatic carbocycles. The van der Waals surface area contributed by atoms with Crippen LogP contribution in [0.1, 0.15) is 33.1 Å². The molecule has 1 aliphatic rings. The van der Waals surface area contributed by atoms with Crippen molar-refractivity contribution < 1.29 is 8.92 Å². The summed E-state index contributed by atoms with van der Waals surface area (Å²) >= 11 is 3.82. The summed E-state index contributed by atoms with van der Waals surface area (Å²) in [5.41, 5.74) is 0. The SMILES string of the molecule is CC(C)O[C@H]1CCC[C@@H]1OS. The summed E-state index contributed by atoms with van der Waals surface area (Å²) in [6, 6.07) is 0. The third-order valence-corrected chi connectivity index (χ3v) is 2.25. The highest BCUT2D eigenvalue weighted by Gasteiger charge is 2.28. The van der Waals surface area contributed by atoms with Crippen LogP contribution in [0.25, 0.3) is 0 Å². The van der Waals surface area contributed by atoms with Gasteiger partial charge in [0.2, 0.25) is 0 Å². The Bertz CT molecular complexity index is 117. The molecule has 66 valence electrons. The molecule has 2 atom stereocenters. The van der Waals surface area contributed by atoms with E-state index in [1.807, 2.05) is 13.8 Å². The van der Waals surface area contributed by atoms with Crippen molar-refractivity contribution in [1.82, 2.24) is 0 Å². The second-order valence-corrected chi connectivity index (χ2v) is 3.51. The Morgan fingerprint density at radius 3 is 2.45 bits per heavy atom. The largest absolute Gasteiger partial charge is 0.373 e. The fraction of sp³-hybridized carbons (Fsp3) is 1.00. The van der Waals surface area contributed by atoms with E-state index < -0.39 is 0 Å². The molecule has 0 saturated heterocycles. The summed E-state index contributed by atoms with van der Waals surface area (Å²) in [5.74, 6) is 0. The van der Waals surface area contributed by atoms with E-state index in [4.69, 9.17) is 8.92 Å². The Morgan fingerprint density at radius 1 is 1.27 bits per heavy atom. The molecule has 0 bridgehead atoms. The second kappa shape index (κ2) is 4.33. The van der Waals surface area contributed by atoms with Gasteiger partial charge in [-0.1, -0.05) is 0 Å². The van der Waals surface area contributed by atoms with Gasteiger partial charge in [0.25, 0.3) is 0 Å². The Morgan fingerprint density at radius 2 is 1.91 bits per heavy atom. The molecule has 0 aliphatic heterocycles. The van der Waals surface area contributed by atoms with Crippen LogP contribution >= 0.6 is 12.9 Å². The van der Waals surface area contributed by atoms with Crippen molar-refractivity contribution in [2.24, 2.45) is 0 Å². The predicted octanol–water partition coefficient (Wildman–Crippen LogP) is 2.19. The molecule has 0 heterocycles. The number of hydrogen-bond donors (Lipinski definition) is 1. The van der Waals surface area contributed by atoms with E-state index in [9.17, 15) is 0 Å². The quantitative estimate of drug-likeness (QED) is 0.525. The molecule has 0 aromatic rings. The van der Waals surface area contributed by atoms with Crippen LogP contribution in [-0.4, -0.2) is 18.3 Å². The third-order valence-electron chi connectivity index (χ3n) is 1.97. The lowest BCUT2D eigenvalue weighted by Crippen LogP contribution is -2.26. The average molecular weight is 176 g/mol. The predicted molar refractivity (Wildman–Crippen MR) is 47.7 cm³/mol. The molecule has 3 heteroatoms. The minimum absolute atomic E-state index is 0.209. The van der Waals surface area contributed by atoms with Gasteiger partial charge < -0.3 is 8.92 Å². The van der Waals surface area contributed by atoms with Crippen molar-refractivity contribution in [3.8, 4) is 0 Å². The standard InChI is InChI=1S/C8H16O2S/c1-6(2)9-7-4-3-5-8(7)10-11/h6-8,11H,3-5H2,1-2H3/t7-,8-/m0/s1. The molecule has 2 nitrogen and oxygen atoms in total. The number of thiol groups is 1. The van der Waals surface area contributed by atoms with Crippen molar-refractivity contribution in [1.29, 1.82) is 0 Å². The van der Waals surface area contributed by atoms with E-state index in [-0.39, 0.29) is 12.2 Å². The summed E-state index contributed by atoms with van der Waals surface area (Å²) in [7, 11) is 0. The Kier molecular flexibility index (Phi) is 3.69. The van der Waals surface area contributed by atoms with Crippen LogP contribution < -0.4 is 0 Å². The van der Waals surface area contributed by atoms with Crippen molar-refractivity contribution in [2.75, 3.05) is 0 Å². The molecule has 1 saturated carbocycles. The maximum absolute atomic E-state index is 5.64. The minimum atomic E-state index is 0.209. The van der Waals surface area contributed by atoms with E-state index in [0.29, 0.717) is 6.10 Å². The van der Waals surface area contributed by atoms with E-state index in [1.165, 1.54) is 6.42 Å². The molecule has 1 aliphatic carbocycles. The molecular weight excluding hydrogens is 160 g/mol. The van der Waals surface area contributed by atoms with Crippen LogP contribution in [0.2, 0.25) is 0 Å². The monoisotopic (exact) mass is 176 g/mol. The average Bonchev–Trinajstić information content (AvgIpc) is 2.34. The first kappa shape index (κ1) is 9.36. The van der Waals surface area contributed by atoms with Gasteiger partial charge in [0.15, 0.2) is 0 Å². The highest BCUT2D eigenvalue weighted by atomic mass is 32.1. The van der Waals surface area contributed by atoms with Crippen molar-refractivity contribution >= 4 is 12.9 Å². The van der Waals surface area contributed by atoms with Crippen LogP contribution in [0.15, 0.2) is 0 Å². The molecule has 11 heavy (non-hydrogen) atoms. The lowest BCUT2D eigenvalue weighted by molar-refractivity contribution is -0.0336. The fourth-order valence-electron chi connectivity index (χ4n) is 1.52. The van der Waals surface area contributed by atoms with Gasteiger partial charge in [-0.15, -0.1) is 0 Å². The Labute approximate surface area is 73.9 Å². The second-order valence-electron chi connectivity index (χ2n) is 3.30. The van der Waals surface area contributed by atoms with E-state index in [1.54, 1.807) is 0 Å². The van der Waals surface area contributed by atoms with Crippen molar-refractivity contribution in [3.63, 3.8) is 0 Å². The zero-order valence-electron chi connectivity index (χ0n) is 7.12. The van der Waals surface area contributed by atoms with Crippen LogP contribution in [0.5, 0.6) is 0 Å². The first-order chi connectivity index (χ1) is 5.24. The Balaban J connectivity index is 2.31. The lowest BCUT2D eigenvalue weighted by Gasteiger charge is -2.20. The van der Waals surface area contributed by atoms with Crippen molar-refractivity contribution in [3.05, 3.63) is 0 Å². The molecule has 0 N–H and O–H groups in total. The van der Waals surface area contributed by atoms with Crippen LogP contribution in [0.4, 0.5) is 0 Å². The number of rotatable bonds is 3. The van der Waals surface area contributed by atoms with Crippen LogP contribution in [0.3, 0.4) is 0 Å². The molecule has 1 fully saturated rings. The maximum Gasteiger partial charge on any atom is 0.0980 e. The summed E-state index contributed by atoms with van der Waals surface area (Å²) < 4.78 is 10.6. The first-order valence-corrected chi connectivity index (χ1v) is 4.56. The number of hydrogen-bond acceptors (Lipinski definition) is 3. The summed E-state index contributed by atoms with van der Waals surface area (Å²) in [6.07, 6.45) is 4.17. The molecule has 0 unspecified atom stereocenters. The lowest BCUT2D eigenvalue weighted by atomic mass is 10.2. The smallest absolute Gasteiger partial charge is 0.0980 e. The first-order valence-electron chi connectivity index (χ1n) is 4.19. The van der Waals surface area contributed by atoms with Gasteiger partial charge in [-0.2, -0.15) is 0 Å². The highest BCUT2D eigenvalue weighted by molar-refractivity contribution is 7.75. The highest BCUT2D eigenvalue weighted by Crippen LogP contribution is 2.26. The fourth-order valence-corrected chi connectivity index (χ4v) is 1.76. The zero-order chi connectivity index (χ0) is 8.27. The minimum Gasteiger partial charge on any atom is -0.373 e. The van der Waals surface area contributed by atoms with Gasteiger partial charge in [-0.3, -0.25) is 0 Å². The molecule has 0 radical (unpaired) electrons. The van der Waals surface area contributed by atoms with E-state index in [2.05, 4.69) is 12.9 Å². The van der Waals surface area contributed by atoms with Gasteiger partial charge in [-0.25, -0.2) is 0 Å². The summed E-state index contributed by atoms with van der Waals surface area (Å²) in [5, 5.41) is 0. The van der Waals surface area contributed by atoms with Gasteiger partial charge in [0, 0.05) is 0 Å². The summed E-state index contributed by atoms with van der Waals surface area (Å²) in [4.78, 5) is 0. The van der Waals surface area contributed by atoms with Crippen LogP contribution in [-0.2, 0) is 8.92 Å². The third kappa shape index (κ3) is 2.65. The molecular formula is C8H16O2S. The van der Waals surface area contributed by atoms with Gasteiger partial charge >= 0.3 is 0 Å². The van der Waals surface area contributed by atoms with Gasteiger partial charge in [0.05, 0.1) is 18.3 Å². The zero-order valence-corrected chi connectivity index (χ0v) is 8.01. The van der Waals surface area contributed by atoms with Crippen LogP contribution in [0, 0.1) is 0 Å². The summed E-state index contributed by atoms with van der Waals surface area (Å²) in [6.45, 7) is 4.10. The molecule has 0 aromatic heterocycles. The molecule has 1 rings (SSSR count). The van der Waals surface area contributed by atoms with Gasteiger partial charge in [-0.05, 0) is 46.0 Å². The van der Waals surface area contributed by atoms with Gasteiger partial charge in [0.1, 0.15) is 0 Å². The number of ether oxygens (including phenoxy) is 1. The molecule has 0 spiro atoms. The Hall–Kier alpha value is 0.270. The van der Waals surface area contributed by atoms with E-state index in [0.717, 1.165) is 12.8 Å².